The Hall–Kier alpha value is -2.63. The van der Waals surface area contributed by atoms with Gasteiger partial charge in [0.05, 0.1) is 6.54 Å². The molecule has 25 heavy (non-hydrogen) atoms. The lowest BCUT2D eigenvalue weighted by Crippen LogP contribution is -2.38. The average molecular weight is 339 g/mol. The van der Waals surface area contributed by atoms with Crippen molar-refractivity contribution in [2.24, 2.45) is 0 Å². The number of rotatable bonds is 4. The number of hydrogen-bond acceptors (Lipinski definition) is 5. The first-order chi connectivity index (χ1) is 12.1. The molecule has 1 N–H and O–H groups in total. The number of amides is 1. The SMILES string of the molecule is Cc1cccc(C)c1NCC(=O)N1CCCN(c2ncccn2)CC1. The molecule has 2 heterocycles. The zero-order valence-corrected chi connectivity index (χ0v) is 14.9. The largest absolute Gasteiger partial charge is 0.376 e. The predicted molar refractivity (Wildman–Crippen MR) is 99.8 cm³/mol. The number of nitrogens with one attached hydrogen (secondary N) is 1. The fourth-order valence-corrected chi connectivity index (χ4v) is 3.19. The van der Waals surface area contributed by atoms with Crippen LogP contribution in [0.5, 0.6) is 0 Å². The van der Waals surface area contributed by atoms with E-state index in [1.165, 1.54) is 0 Å². The van der Waals surface area contributed by atoms with Crippen LogP contribution in [0.1, 0.15) is 17.5 Å². The molecule has 0 spiro atoms. The molecule has 1 aromatic heterocycles. The molecule has 1 saturated heterocycles. The number of carbonyl (C=O) groups excluding carboxylic acids is 1. The van der Waals surface area contributed by atoms with E-state index in [0.717, 1.165) is 48.8 Å². The van der Waals surface area contributed by atoms with E-state index in [9.17, 15) is 4.79 Å². The molecule has 2 aromatic rings. The number of nitrogens with zero attached hydrogens (tertiary/aromatic N) is 4. The summed E-state index contributed by atoms with van der Waals surface area (Å²) >= 11 is 0. The van der Waals surface area contributed by atoms with Gasteiger partial charge in [-0.25, -0.2) is 9.97 Å². The molecule has 0 saturated carbocycles. The zero-order chi connectivity index (χ0) is 17.6. The van der Waals surface area contributed by atoms with Gasteiger partial charge in [-0.15, -0.1) is 0 Å². The van der Waals surface area contributed by atoms with Gasteiger partial charge < -0.3 is 15.1 Å². The zero-order valence-electron chi connectivity index (χ0n) is 14.9. The highest BCUT2D eigenvalue weighted by molar-refractivity contribution is 5.81. The third-order valence-corrected chi connectivity index (χ3v) is 4.58. The van der Waals surface area contributed by atoms with Crippen molar-refractivity contribution in [3.8, 4) is 0 Å². The minimum absolute atomic E-state index is 0.137. The van der Waals surface area contributed by atoms with Crippen LogP contribution < -0.4 is 10.2 Å². The first-order valence-electron chi connectivity index (χ1n) is 8.75. The lowest BCUT2D eigenvalue weighted by atomic mass is 10.1. The Labute approximate surface area is 148 Å². The van der Waals surface area contributed by atoms with Crippen molar-refractivity contribution in [2.45, 2.75) is 20.3 Å². The Balaban J connectivity index is 1.56. The predicted octanol–water partition coefficient (Wildman–Crippen LogP) is 2.24. The van der Waals surface area contributed by atoms with Crippen LogP contribution in [0, 0.1) is 13.8 Å². The maximum Gasteiger partial charge on any atom is 0.241 e. The Bertz CT molecular complexity index is 699. The molecule has 1 fully saturated rings. The topological polar surface area (TPSA) is 61.4 Å². The molecule has 1 aromatic carbocycles. The molecule has 1 aliphatic heterocycles. The van der Waals surface area contributed by atoms with Gasteiger partial charge in [-0.1, -0.05) is 18.2 Å². The van der Waals surface area contributed by atoms with E-state index in [1.54, 1.807) is 12.4 Å². The maximum absolute atomic E-state index is 12.6. The molecule has 132 valence electrons. The van der Waals surface area contributed by atoms with Gasteiger partial charge in [-0.05, 0) is 37.5 Å². The fraction of sp³-hybridized carbons (Fsp3) is 0.421. The van der Waals surface area contributed by atoms with Crippen molar-refractivity contribution in [3.63, 3.8) is 0 Å². The van der Waals surface area contributed by atoms with Crippen LogP contribution in [-0.2, 0) is 4.79 Å². The second-order valence-electron chi connectivity index (χ2n) is 6.39. The van der Waals surface area contributed by atoms with E-state index in [1.807, 2.05) is 17.0 Å². The molecule has 3 rings (SSSR count). The van der Waals surface area contributed by atoms with E-state index in [4.69, 9.17) is 0 Å². The summed E-state index contributed by atoms with van der Waals surface area (Å²) in [6.07, 6.45) is 4.43. The van der Waals surface area contributed by atoms with Crippen molar-refractivity contribution in [1.29, 1.82) is 0 Å². The van der Waals surface area contributed by atoms with Crippen molar-refractivity contribution < 1.29 is 4.79 Å². The standard InChI is InChI=1S/C19H25N5O/c1-15-6-3-7-16(2)18(15)22-14-17(25)23-10-5-11-24(13-12-23)19-20-8-4-9-21-19/h3-4,6-9,22H,5,10-14H2,1-2H3. The number of carbonyl (C=O) groups is 1. The van der Waals surface area contributed by atoms with E-state index in [-0.39, 0.29) is 5.91 Å². The molecule has 0 aliphatic carbocycles. The van der Waals surface area contributed by atoms with Gasteiger partial charge in [0.25, 0.3) is 0 Å². The second kappa shape index (κ2) is 7.96. The minimum Gasteiger partial charge on any atom is -0.376 e. The molecule has 0 atom stereocenters. The summed E-state index contributed by atoms with van der Waals surface area (Å²) in [5.41, 5.74) is 3.39. The smallest absolute Gasteiger partial charge is 0.241 e. The fourth-order valence-electron chi connectivity index (χ4n) is 3.19. The van der Waals surface area contributed by atoms with Crippen LogP contribution in [0.25, 0.3) is 0 Å². The number of anilines is 2. The number of aromatic nitrogens is 2. The van der Waals surface area contributed by atoms with Gasteiger partial charge in [-0.3, -0.25) is 4.79 Å². The molecule has 6 heteroatoms. The molecule has 0 bridgehead atoms. The van der Waals surface area contributed by atoms with Gasteiger partial charge in [0.15, 0.2) is 0 Å². The normalized spacial score (nSPS) is 15.0. The summed E-state index contributed by atoms with van der Waals surface area (Å²) in [4.78, 5) is 25.3. The van der Waals surface area contributed by atoms with Crippen LogP contribution in [0.15, 0.2) is 36.7 Å². The van der Waals surface area contributed by atoms with Crippen LogP contribution in [-0.4, -0.2) is 53.5 Å². The Kier molecular flexibility index (Phi) is 5.48. The Morgan fingerprint density at radius 2 is 1.76 bits per heavy atom. The number of hydrogen-bond donors (Lipinski definition) is 1. The number of aryl methyl sites for hydroxylation is 2. The highest BCUT2D eigenvalue weighted by Crippen LogP contribution is 2.19. The van der Waals surface area contributed by atoms with Gasteiger partial charge in [0.1, 0.15) is 0 Å². The Morgan fingerprint density at radius 3 is 2.48 bits per heavy atom. The van der Waals surface area contributed by atoms with Gasteiger partial charge in [0.2, 0.25) is 11.9 Å². The van der Waals surface area contributed by atoms with Crippen molar-refractivity contribution in [3.05, 3.63) is 47.8 Å². The van der Waals surface area contributed by atoms with E-state index >= 15 is 0 Å². The quantitative estimate of drug-likeness (QED) is 0.926. The van der Waals surface area contributed by atoms with Crippen LogP contribution in [0.2, 0.25) is 0 Å². The minimum atomic E-state index is 0.137. The highest BCUT2D eigenvalue weighted by Gasteiger charge is 2.20. The van der Waals surface area contributed by atoms with Crippen molar-refractivity contribution in [1.82, 2.24) is 14.9 Å². The van der Waals surface area contributed by atoms with Crippen LogP contribution in [0.4, 0.5) is 11.6 Å². The number of para-hydroxylation sites is 1. The summed E-state index contributed by atoms with van der Waals surface area (Å²) in [6.45, 7) is 7.56. The van der Waals surface area contributed by atoms with Gasteiger partial charge in [-0.2, -0.15) is 0 Å². The lowest BCUT2D eigenvalue weighted by Gasteiger charge is -2.22. The molecule has 0 radical (unpaired) electrons. The van der Waals surface area contributed by atoms with E-state index in [0.29, 0.717) is 13.1 Å². The first kappa shape index (κ1) is 17.2. The van der Waals surface area contributed by atoms with Gasteiger partial charge >= 0.3 is 0 Å². The summed E-state index contributed by atoms with van der Waals surface area (Å²) in [5.74, 6) is 0.879. The molecule has 1 aliphatic rings. The average Bonchev–Trinajstić information content (AvgIpc) is 2.88. The van der Waals surface area contributed by atoms with Gasteiger partial charge in [0, 0.05) is 44.3 Å². The lowest BCUT2D eigenvalue weighted by molar-refractivity contribution is -0.129. The molecule has 0 unspecified atom stereocenters. The third kappa shape index (κ3) is 4.26. The summed E-state index contributed by atoms with van der Waals surface area (Å²) in [5, 5.41) is 3.31. The molecular formula is C19H25N5O. The monoisotopic (exact) mass is 339 g/mol. The second-order valence-corrected chi connectivity index (χ2v) is 6.39. The van der Waals surface area contributed by atoms with E-state index in [2.05, 4.69) is 46.2 Å². The van der Waals surface area contributed by atoms with E-state index < -0.39 is 0 Å². The van der Waals surface area contributed by atoms with Crippen LogP contribution >= 0.6 is 0 Å². The molecule has 1 amide bonds. The van der Waals surface area contributed by atoms with Crippen LogP contribution in [0.3, 0.4) is 0 Å². The summed E-state index contributed by atoms with van der Waals surface area (Å²) in [6, 6.07) is 7.97. The van der Waals surface area contributed by atoms with Crippen molar-refractivity contribution >= 4 is 17.5 Å². The molecule has 6 nitrogen and oxygen atoms in total. The molecular weight excluding hydrogens is 314 g/mol. The maximum atomic E-state index is 12.6. The number of benzene rings is 1. The Morgan fingerprint density at radius 1 is 1.04 bits per heavy atom. The third-order valence-electron chi connectivity index (χ3n) is 4.58. The highest BCUT2D eigenvalue weighted by atomic mass is 16.2. The van der Waals surface area contributed by atoms with Crippen molar-refractivity contribution in [2.75, 3.05) is 42.9 Å². The first-order valence-corrected chi connectivity index (χ1v) is 8.75. The summed E-state index contributed by atoms with van der Waals surface area (Å²) < 4.78 is 0. The summed E-state index contributed by atoms with van der Waals surface area (Å²) in [7, 11) is 0.